The van der Waals surface area contributed by atoms with Crippen LogP contribution in [-0.4, -0.2) is 47.9 Å². The minimum absolute atomic E-state index is 0.0885. The van der Waals surface area contributed by atoms with Gasteiger partial charge in [0.2, 0.25) is 0 Å². The number of unbranched alkanes of at least 4 members (excludes halogenated alkanes) is 11. The molecule has 0 radical (unpaired) electrons. The van der Waals surface area contributed by atoms with Gasteiger partial charge in [-0.05, 0) is 12.8 Å². The van der Waals surface area contributed by atoms with Gasteiger partial charge in [0.1, 0.15) is 0 Å². The Labute approximate surface area is 162 Å². The molecular weight excluding hydrogens is 328 g/mol. The van der Waals surface area contributed by atoms with Gasteiger partial charge in [-0.15, -0.1) is 0 Å². The van der Waals surface area contributed by atoms with Gasteiger partial charge < -0.3 is 20.1 Å². The van der Waals surface area contributed by atoms with Crippen molar-refractivity contribution in [3.63, 3.8) is 0 Å². The molecule has 1 unspecified atom stereocenters. The molecule has 158 valence electrons. The van der Waals surface area contributed by atoms with E-state index in [1.165, 1.54) is 70.6 Å². The SMILES string of the molecule is CCCCCCCCCCCCCCC(O)COCC(CC)(CO)CO. The van der Waals surface area contributed by atoms with Crippen molar-refractivity contribution in [2.24, 2.45) is 5.41 Å². The summed E-state index contributed by atoms with van der Waals surface area (Å²) in [4.78, 5) is 0. The first kappa shape index (κ1) is 25.8. The number of hydrogen-bond donors (Lipinski definition) is 3. The summed E-state index contributed by atoms with van der Waals surface area (Å²) in [5.74, 6) is 0. The topological polar surface area (TPSA) is 69.9 Å². The van der Waals surface area contributed by atoms with Crippen molar-refractivity contribution in [3.05, 3.63) is 0 Å². The lowest BCUT2D eigenvalue weighted by atomic mass is 9.88. The van der Waals surface area contributed by atoms with E-state index in [1.807, 2.05) is 6.92 Å². The van der Waals surface area contributed by atoms with Crippen LogP contribution >= 0.6 is 0 Å². The maximum absolute atomic E-state index is 9.98. The average molecular weight is 375 g/mol. The molecule has 0 amide bonds. The third-order valence-corrected chi connectivity index (χ3v) is 5.53. The van der Waals surface area contributed by atoms with Crippen molar-refractivity contribution in [3.8, 4) is 0 Å². The predicted octanol–water partition coefficient (Wildman–Crippen LogP) is 4.84. The minimum atomic E-state index is -0.574. The fourth-order valence-electron chi connectivity index (χ4n) is 3.18. The van der Waals surface area contributed by atoms with E-state index in [0.29, 0.717) is 19.6 Å². The molecule has 0 aliphatic heterocycles. The highest BCUT2D eigenvalue weighted by atomic mass is 16.5. The molecule has 0 heterocycles. The van der Waals surface area contributed by atoms with Gasteiger partial charge in [-0.25, -0.2) is 0 Å². The molecule has 0 aliphatic carbocycles. The van der Waals surface area contributed by atoms with Gasteiger partial charge in [0, 0.05) is 5.41 Å². The Hall–Kier alpha value is -0.160. The lowest BCUT2D eigenvalue weighted by molar-refractivity contribution is -0.0533. The summed E-state index contributed by atoms with van der Waals surface area (Å²) in [7, 11) is 0. The Morgan fingerprint density at radius 1 is 0.731 bits per heavy atom. The predicted molar refractivity (Wildman–Crippen MR) is 109 cm³/mol. The number of ether oxygens (including phenoxy) is 1. The molecule has 0 aromatic heterocycles. The van der Waals surface area contributed by atoms with Crippen LogP contribution in [0, 0.1) is 5.41 Å². The molecule has 0 aromatic rings. The molecule has 0 saturated heterocycles. The van der Waals surface area contributed by atoms with Gasteiger partial charge >= 0.3 is 0 Å². The maximum Gasteiger partial charge on any atom is 0.0773 e. The van der Waals surface area contributed by atoms with Gasteiger partial charge in [-0.2, -0.15) is 0 Å². The van der Waals surface area contributed by atoms with Crippen LogP contribution in [0.5, 0.6) is 0 Å². The lowest BCUT2D eigenvalue weighted by Gasteiger charge is -2.28. The average Bonchev–Trinajstić information content (AvgIpc) is 2.66. The second-order valence-electron chi connectivity index (χ2n) is 8.02. The Balaban J connectivity index is 3.40. The third kappa shape index (κ3) is 14.0. The van der Waals surface area contributed by atoms with E-state index < -0.39 is 11.5 Å². The lowest BCUT2D eigenvalue weighted by Crippen LogP contribution is -2.35. The summed E-state index contributed by atoms with van der Waals surface area (Å²) in [5.41, 5.74) is -0.574. The second kappa shape index (κ2) is 18.2. The van der Waals surface area contributed by atoms with Crippen molar-refractivity contribution in [1.82, 2.24) is 0 Å². The molecule has 0 spiro atoms. The van der Waals surface area contributed by atoms with Gasteiger partial charge in [0.15, 0.2) is 0 Å². The van der Waals surface area contributed by atoms with Gasteiger partial charge in [0.25, 0.3) is 0 Å². The smallest absolute Gasteiger partial charge is 0.0773 e. The van der Waals surface area contributed by atoms with Crippen LogP contribution in [0.4, 0.5) is 0 Å². The first-order valence-corrected chi connectivity index (χ1v) is 11.1. The van der Waals surface area contributed by atoms with E-state index in [2.05, 4.69) is 6.92 Å². The zero-order valence-electron chi connectivity index (χ0n) is 17.6. The fourth-order valence-corrected chi connectivity index (χ4v) is 3.18. The zero-order valence-corrected chi connectivity index (χ0v) is 17.6. The van der Waals surface area contributed by atoms with Crippen molar-refractivity contribution >= 4 is 0 Å². The monoisotopic (exact) mass is 374 g/mol. The standard InChI is InChI=1S/C22H46O4/c1-3-5-6-7-8-9-10-11-12-13-14-15-16-21(25)17-26-20-22(4-2,18-23)19-24/h21,23-25H,3-20H2,1-2H3. The zero-order chi connectivity index (χ0) is 19.5. The number of hydrogen-bond acceptors (Lipinski definition) is 4. The maximum atomic E-state index is 9.98. The first-order chi connectivity index (χ1) is 12.6. The first-order valence-electron chi connectivity index (χ1n) is 11.1. The van der Waals surface area contributed by atoms with E-state index >= 15 is 0 Å². The fraction of sp³-hybridized carbons (Fsp3) is 1.00. The van der Waals surface area contributed by atoms with Gasteiger partial charge in [-0.1, -0.05) is 90.9 Å². The molecule has 0 rings (SSSR count). The Bertz CT molecular complexity index is 271. The summed E-state index contributed by atoms with van der Waals surface area (Å²) in [5, 5.41) is 28.7. The second-order valence-corrected chi connectivity index (χ2v) is 8.02. The summed E-state index contributed by atoms with van der Waals surface area (Å²) < 4.78 is 5.52. The molecule has 0 saturated carbocycles. The van der Waals surface area contributed by atoms with Crippen LogP contribution in [0.3, 0.4) is 0 Å². The molecule has 26 heavy (non-hydrogen) atoms. The van der Waals surface area contributed by atoms with E-state index in [0.717, 1.165) is 12.8 Å². The highest BCUT2D eigenvalue weighted by molar-refractivity contribution is 4.75. The Morgan fingerprint density at radius 2 is 1.19 bits per heavy atom. The van der Waals surface area contributed by atoms with Crippen LogP contribution in [0.1, 0.15) is 104 Å². The number of aliphatic hydroxyl groups excluding tert-OH is 3. The summed E-state index contributed by atoms with van der Waals surface area (Å²) >= 11 is 0. The van der Waals surface area contributed by atoms with Crippen molar-refractivity contribution in [2.45, 2.75) is 110 Å². The molecule has 3 N–H and O–H groups in total. The van der Waals surface area contributed by atoms with Crippen LogP contribution in [0.25, 0.3) is 0 Å². The van der Waals surface area contributed by atoms with E-state index in [1.54, 1.807) is 0 Å². The molecule has 0 fully saturated rings. The number of aliphatic hydroxyl groups is 3. The molecular formula is C22H46O4. The Morgan fingerprint density at radius 3 is 1.62 bits per heavy atom. The summed E-state index contributed by atoms with van der Waals surface area (Å²) in [6.45, 7) is 4.60. The van der Waals surface area contributed by atoms with E-state index in [4.69, 9.17) is 4.74 Å². The molecule has 0 aromatic carbocycles. The van der Waals surface area contributed by atoms with Crippen LogP contribution < -0.4 is 0 Å². The molecule has 4 nitrogen and oxygen atoms in total. The summed E-state index contributed by atoms with van der Waals surface area (Å²) in [6.07, 6.45) is 16.8. The van der Waals surface area contributed by atoms with Gasteiger partial charge in [0.05, 0.1) is 32.5 Å². The molecule has 0 bridgehead atoms. The van der Waals surface area contributed by atoms with Crippen LogP contribution in [0.15, 0.2) is 0 Å². The highest BCUT2D eigenvalue weighted by Gasteiger charge is 2.27. The van der Waals surface area contributed by atoms with Crippen LogP contribution in [-0.2, 0) is 4.74 Å². The third-order valence-electron chi connectivity index (χ3n) is 5.53. The minimum Gasteiger partial charge on any atom is -0.396 e. The molecule has 4 heteroatoms. The largest absolute Gasteiger partial charge is 0.396 e. The Kier molecular flexibility index (Phi) is 18.1. The molecule has 0 aliphatic rings. The van der Waals surface area contributed by atoms with Crippen molar-refractivity contribution in [2.75, 3.05) is 26.4 Å². The molecule has 1 atom stereocenters. The van der Waals surface area contributed by atoms with Gasteiger partial charge in [-0.3, -0.25) is 0 Å². The van der Waals surface area contributed by atoms with Crippen molar-refractivity contribution < 1.29 is 20.1 Å². The van der Waals surface area contributed by atoms with Crippen molar-refractivity contribution in [1.29, 1.82) is 0 Å². The highest BCUT2D eigenvalue weighted by Crippen LogP contribution is 2.21. The number of rotatable bonds is 20. The summed E-state index contributed by atoms with van der Waals surface area (Å²) in [6, 6.07) is 0. The normalized spacial score (nSPS) is 13.3. The van der Waals surface area contributed by atoms with E-state index in [-0.39, 0.29) is 13.2 Å². The van der Waals surface area contributed by atoms with Crippen LogP contribution in [0.2, 0.25) is 0 Å². The quantitative estimate of drug-likeness (QED) is 0.267. The van der Waals surface area contributed by atoms with E-state index in [9.17, 15) is 15.3 Å².